The molecule has 1 aromatic rings. The van der Waals surface area contributed by atoms with E-state index in [1.807, 2.05) is 30.1 Å². The zero-order chi connectivity index (χ0) is 18.9. The number of benzene rings is 1. The summed E-state index contributed by atoms with van der Waals surface area (Å²) >= 11 is 0. The quantitative estimate of drug-likeness (QED) is 0.821. The Hall–Kier alpha value is -1.88. The lowest BCUT2D eigenvalue weighted by Gasteiger charge is -2.49. The summed E-state index contributed by atoms with van der Waals surface area (Å²) in [5.41, 5.74) is 1.27. The third-order valence-corrected chi connectivity index (χ3v) is 6.82. The van der Waals surface area contributed by atoms with Gasteiger partial charge in [-0.3, -0.25) is 14.5 Å². The SMILES string of the molecule is CN1CC2(CCN(C(=O)CN3CCCC3)CC2)C[C@@H](c2ccccc2)C1=O. The molecule has 0 N–H and O–H groups in total. The second-order valence-electron chi connectivity index (χ2n) is 8.73. The highest BCUT2D eigenvalue weighted by molar-refractivity contribution is 5.84. The van der Waals surface area contributed by atoms with Gasteiger partial charge in [-0.15, -0.1) is 0 Å². The van der Waals surface area contributed by atoms with Gasteiger partial charge in [-0.25, -0.2) is 0 Å². The Kier molecular flexibility index (Phi) is 5.22. The predicted octanol–water partition coefficient (Wildman–Crippen LogP) is 2.34. The molecule has 0 unspecified atom stereocenters. The van der Waals surface area contributed by atoms with Crippen molar-refractivity contribution in [3.63, 3.8) is 0 Å². The number of piperidine rings is 2. The van der Waals surface area contributed by atoms with E-state index >= 15 is 0 Å². The molecule has 1 atom stereocenters. The fourth-order valence-electron chi connectivity index (χ4n) is 5.20. The van der Waals surface area contributed by atoms with Gasteiger partial charge in [0.25, 0.3) is 0 Å². The van der Waals surface area contributed by atoms with Crippen LogP contribution < -0.4 is 0 Å². The normalized spacial score (nSPS) is 26.0. The van der Waals surface area contributed by atoms with Crippen molar-refractivity contribution in [2.24, 2.45) is 5.41 Å². The van der Waals surface area contributed by atoms with Crippen molar-refractivity contribution < 1.29 is 9.59 Å². The summed E-state index contributed by atoms with van der Waals surface area (Å²) in [6.07, 6.45) is 5.35. The van der Waals surface area contributed by atoms with Gasteiger partial charge >= 0.3 is 0 Å². The molecule has 2 amide bonds. The van der Waals surface area contributed by atoms with Crippen molar-refractivity contribution in [3.8, 4) is 0 Å². The Balaban J connectivity index is 1.40. The zero-order valence-corrected chi connectivity index (χ0v) is 16.4. The molecule has 1 spiro atoms. The van der Waals surface area contributed by atoms with Crippen molar-refractivity contribution in [3.05, 3.63) is 35.9 Å². The number of nitrogens with zero attached hydrogens (tertiary/aromatic N) is 3. The summed E-state index contributed by atoms with van der Waals surface area (Å²) in [6.45, 7) is 5.19. The molecular weight excluding hydrogens is 338 g/mol. The van der Waals surface area contributed by atoms with Crippen LogP contribution in [-0.2, 0) is 9.59 Å². The third kappa shape index (κ3) is 3.88. The number of amides is 2. The molecule has 5 heteroatoms. The number of likely N-dealkylation sites (N-methyl/N-ethyl adjacent to an activating group) is 1. The third-order valence-electron chi connectivity index (χ3n) is 6.82. The Bertz CT molecular complexity index is 676. The first-order valence-corrected chi connectivity index (χ1v) is 10.4. The molecule has 1 aromatic carbocycles. The average Bonchev–Trinajstić information content (AvgIpc) is 3.19. The van der Waals surface area contributed by atoms with Crippen molar-refractivity contribution in [1.82, 2.24) is 14.7 Å². The highest BCUT2D eigenvalue weighted by Gasteiger charge is 2.45. The van der Waals surface area contributed by atoms with Crippen LogP contribution in [0.1, 0.15) is 43.6 Å². The summed E-state index contributed by atoms with van der Waals surface area (Å²) in [5.74, 6) is 0.475. The second-order valence-corrected chi connectivity index (χ2v) is 8.73. The zero-order valence-electron chi connectivity index (χ0n) is 16.4. The Morgan fingerprint density at radius 3 is 2.41 bits per heavy atom. The van der Waals surface area contributed by atoms with Crippen LogP contribution in [0.25, 0.3) is 0 Å². The Morgan fingerprint density at radius 1 is 1.07 bits per heavy atom. The molecular formula is C22H31N3O2. The van der Waals surface area contributed by atoms with Crippen LogP contribution in [-0.4, -0.2) is 72.8 Å². The number of carbonyl (C=O) groups is 2. The van der Waals surface area contributed by atoms with Gasteiger partial charge < -0.3 is 9.80 Å². The van der Waals surface area contributed by atoms with E-state index in [9.17, 15) is 9.59 Å². The van der Waals surface area contributed by atoms with Crippen LogP contribution in [0, 0.1) is 5.41 Å². The molecule has 4 rings (SSSR count). The fraction of sp³-hybridized carbons (Fsp3) is 0.636. The minimum atomic E-state index is -0.0446. The van der Waals surface area contributed by atoms with Crippen molar-refractivity contribution in [2.45, 2.75) is 38.0 Å². The number of carbonyl (C=O) groups excluding carboxylic acids is 2. The van der Waals surface area contributed by atoms with E-state index in [1.54, 1.807) is 0 Å². The molecule has 0 bridgehead atoms. The predicted molar refractivity (Wildman–Crippen MR) is 105 cm³/mol. The number of hydrogen-bond donors (Lipinski definition) is 0. The second kappa shape index (κ2) is 7.63. The summed E-state index contributed by atoms with van der Waals surface area (Å²) in [5, 5.41) is 0. The van der Waals surface area contributed by atoms with Gasteiger partial charge in [-0.05, 0) is 56.2 Å². The molecule has 3 heterocycles. The van der Waals surface area contributed by atoms with Crippen molar-refractivity contribution in [1.29, 1.82) is 0 Å². The number of hydrogen-bond acceptors (Lipinski definition) is 3. The Labute approximate surface area is 162 Å². The monoisotopic (exact) mass is 369 g/mol. The highest BCUT2D eigenvalue weighted by atomic mass is 16.2. The van der Waals surface area contributed by atoms with Crippen LogP contribution in [0.5, 0.6) is 0 Å². The highest BCUT2D eigenvalue weighted by Crippen LogP contribution is 2.45. The summed E-state index contributed by atoms with van der Waals surface area (Å²) in [4.78, 5) is 31.7. The van der Waals surface area contributed by atoms with Gasteiger partial charge in [-0.1, -0.05) is 30.3 Å². The lowest BCUT2D eigenvalue weighted by molar-refractivity contribution is -0.143. The van der Waals surface area contributed by atoms with Gasteiger partial charge in [0, 0.05) is 26.7 Å². The molecule has 3 aliphatic heterocycles. The van der Waals surface area contributed by atoms with E-state index in [0.29, 0.717) is 6.54 Å². The number of rotatable bonds is 3. The first-order chi connectivity index (χ1) is 13.1. The molecule has 3 fully saturated rings. The molecule has 27 heavy (non-hydrogen) atoms. The molecule has 3 aliphatic rings. The smallest absolute Gasteiger partial charge is 0.236 e. The average molecular weight is 370 g/mol. The van der Waals surface area contributed by atoms with Gasteiger partial charge in [0.2, 0.25) is 11.8 Å². The van der Waals surface area contributed by atoms with Crippen LogP contribution in [0.3, 0.4) is 0 Å². The standard InChI is InChI=1S/C22H31N3O2/c1-23-17-22(15-19(21(23)27)18-7-3-2-4-8-18)9-13-25(14-10-22)20(26)16-24-11-5-6-12-24/h2-4,7-8,19H,5-6,9-17H2,1H3/t19-/m0/s1. The first kappa shape index (κ1) is 18.5. The molecule has 0 aliphatic carbocycles. The fourth-order valence-corrected chi connectivity index (χ4v) is 5.20. The Morgan fingerprint density at radius 2 is 1.74 bits per heavy atom. The summed E-state index contributed by atoms with van der Waals surface area (Å²) < 4.78 is 0. The molecule has 5 nitrogen and oxygen atoms in total. The largest absolute Gasteiger partial charge is 0.345 e. The maximum absolute atomic E-state index is 12.8. The lowest BCUT2D eigenvalue weighted by atomic mass is 9.67. The van der Waals surface area contributed by atoms with E-state index < -0.39 is 0 Å². The first-order valence-electron chi connectivity index (χ1n) is 10.4. The van der Waals surface area contributed by atoms with Gasteiger partial charge in [0.05, 0.1) is 12.5 Å². The van der Waals surface area contributed by atoms with E-state index in [2.05, 4.69) is 21.9 Å². The molecule has 0 saturated carbocycles. The van der Waals surface area contributed by atoms with E-state index in [-0.39, 0.29) is 23.1 Å². The van der Waals surface area contributed by atoms with E-state index in [4.69, 9.17) is 0 Å². The van der Waals surface area contributed by atoms with Gasteiger partial charge in [0.1, 0.15) is 0 Å². The summed E-state index contributed by atoms with van der Waals surface area (Å²) in [6, 6.07) is 10.2. The van der Waals surface area contributed by atoms with Crippen LogP contribution >= 0.6 is 0 Å². The minimum absolute atomic E-state index is 0.0446. The van der Waals surface area contributed by atoms with Gasteiger partial charge in [0.15, 0.2) is 0 Å². The number of likely N-dealkylation sites (tertiary alicyclic amines) is 3. The molecule has 0 aromatic heterocycles. The van der Waals surface area contributed by atoms with Crippen molar-refractivity contribution >= 4 is 11.8 Å². The maximum Gasteiger partial charge on any atom is 0.236 e. The summed E-state index contributed by atoms with van der Waals surface area (Å²) in [7, 11) is 1.93. The lowest BCUT2D eigenvalue weighted by Crippen LogP contribution is -2.54. The molecule has 146 valence electrons. The van der Waals surface area contributed by atoms with Crippen LogP contribution in [0.4, 0.5) is 0 Å². The van der Waals surface area contributed by atoms with Crippen molar-refractivity contribution in [2.75, 3.05) is 46.3 Å². The van der Waals surface area contributed by atoms with Gasteiger partial charge in [-0.2, -0.15) is 0 Å². The maximum atomic E-state index is 12.8. The topological polar surface area (TPSA) is 43.9 Å². The van der Waals surface area contributed by atoms with Crippen LogP contribution in [0.2, 0.25) is 0 Å². The minimum Gasteiger partial charge on any atom is -0.345 e. The van der Waals surface area contributed by atoms with E-state index in [0.717, 1.165) is 57.5 Å². The van der Waals surface area contributed by atoms with Crippen LogP contribution in [0.15, 0.2) is 30.3 Å². The molecule has 0 radical (unpaired) electrons. The van der Waals surface area contributed by atoms with E-state index in [1.165, 1.54) is 12.8 Å². The molecule has 3 saturated heterocycles.